The Morgan fingerprint density at radius 2 is 2.05 bits per heavy atom. The Bertz CT molecular complexity index is 589. The van der Waals surface area contributed by atoms with E-state index in [1.807, 2.05) is 0 Å². The van der Waals surface area contributed by atoms with Crippen LogP contribution in [0.25, 0.3) is 0 Å². The van der Waals surface area contributed by atoms with Crippen molar-refractivity contribution in [2.45, 2.75) is 18.7 Å². The highest BCUT2D eigenvalue weighted by atomic mass is 79.9. The van der Waals surface area contributed by atoms with Gasteiger partial charge in [-0.3, -0.25) is 0 Å². The largest absolute Gasteiger partial charge is 0.494 e. The predicted molar refractivity (Wildman–Crippen MR) is 81.8 cm³/mol. The summed E-state index contributed by atoms with van der Waals surface area (Å²) in [5.74, 6) is 0.184. The molecule has 0 aromatic heterocycles. The van der Waals surface area contributed by atoms with Crippen LogP contribution in [0.4, 0.5) is 0 Å². The fourth-order valence-corrected chi connectivity index (χ4v) is 3.98. The first-order chi connectivity index (χ1) is 9.13. The highest BCUT2D eigenvalue weighted by Crippen LogP contribution is 2.35. The van der Waals surface area contributed by atoms with Crippen LogP contribution in [0.1, 0.15) is 13.8 Å². The van der Waals surface area contributed by atoms with Crippen LogP contribution >= 0.6 is 27.5 Å². The first-order valence-corrected chi connectivity index (χ1v) is 8.42. The van der Waals surface area contributed by atoms with Crippen molar-refractivity contribution in [3.05, 3.63) is 21.6 Å². The van der Waals surface area contributed by atoms with E-state index in [9.17, 15) is 8.42 Å². The van der Waals surface area contributed by atoms with Gasteiger partial charge in [0.2, 0.25) is 10.0 Å². The quantitative estimate of drug-likeness (QED) is 0.787. The van der Waals surface area contributed by atoms with E-state index in [0.29, 0.717) is 4.47 Å². The average molecular weight is 387 g/mol. The number of ether oxygens (including phenoxy) is 1. The Morgan fingerprint density at radius 1 is 1.45 bits per heavy atom. The molecule has 1 aromatic rings. The van der Waals surface area contributed by atoms with Gasteiger partial charge >= 0.3 is 0 Å². The molecular weight excluding hydrogens is 370 g/mol. The number of aliphatic hydroxyl groups excluding tert-OH is 1. The second-order valence-corrected chi connectivity index (χ2v) is 8.09. The molecule has 0 unspecified atom stereocenters. The fourth-order valence-electron chi connectivity index (χ4n) is 1.36. The number of benzene rings is 1. The molecule has 0 atom stereocenters. The number of sulfonamides is 1. The van der Waals surface area contributed by atoms with Crippen molar-refractivity contribution in [2.75, 3.05) is 20.3 Å². The molecule has 0 aliphatic heterocycles. The second kappa shape index (κ2) is 6.62. The van der Waals surface area contributed by atoms with Gasteiger partial charge < -0.3 is 9.84 Å². The standard InChI is InChI=1S/C12H17BrClNO4S/c1-12(2,7-16)6-15-20(17,18)10-5-8(14)4-9(13)11(10)19-3/h4-5,15-16H,6-7H2,1-3H3. The minimum atomic E-state index is -3.79. The highest BCUT2D eigenvalue weighted by Gasteiger charge is 2.25. The molecule has 0 saturated carbocycles. The minimum Gasteiger partial charge on any atom is -0.494 e. The number of nitrogens with one attached hydrogen (secondary N) is 1. The van der Waals surface area contributed by atoms with Gasteiger partial charge in [-0.15, -0.1) is 0 Å². The van der Waals surface area contributed by atoms with Crippen molar-refractivity contribution in [3.63, 3.8) is 0 Å². The molecule has 0 aliphatic carbocycles. The number of halogens is 2. The van der Waals surface area contributed by atoms with Gasteiger partial charge in [-0.05, 0) is 28.1 Å². The maximum atomic E-state index is 12.3. The molecule has 0 bridgehead atoms. The molecule has 0 heterocycles. The van der Waals surface area contributed by atoms with Gasteiger partial charge in [0.05, 0.1) is 11.6 Å². The summed E-state index contributed by atoms with van der Waals surface area (Å²) in [6, 6.07) is 2.87. The predicted octanol–water partition coefficient (Wildman–Crippen LogP) is 2.41. The Kier molecular flexibility index (Phi) is 5.86. The Morgan fingerprint density at radius 3 is 2.55 bits per heavy atom. The van der Waals surface area contributed by atoms with E-state index in [2.05, 4.69) is 20.7 Å². The maximum absolute atomic E-state index is 12.3. The van der Waals surface area contributed by atoms with E-state index in [1.54, 1.807) is 19.9 Å². The third-order valence-electron chi connectivity index (χ3n) is 2.64. The lowest BCUT2D eigenvalue weighted by molar-refractivity contribution is 0.163. The summed E-state index contributed by atoms with van der Waals surface area (Å²) >= 11 is 9.10. The summed E-state index contributed by atoms with van der Waals surface area (Å²) in [5.41, 5.74) is -0.559. The molecule has 0 radical (unpaired) electrons. The normalized spacial score (nSPS) is 12.5. The number of hydrogen-bond acceptors (Lipinski definition) is 4. The zero-order valence-corrected chi connectivity index (χ0v) is 14.6. The number of methoxy groups -OCH3 is 1. The molecule has 20 heavy (non-hydrogen) atoms. The molecule has 0 aliphatic rings. The van der Waals surface area contributed by atoms with Crippen LogP contribution in [0.2, 0.25) is 5.02 Å². The van der Waals surface area contributed by atoms with Gasteiger partial charge in [-0.2, -0.15) is 0 Å². The van der Waals surface area contributed by atoms with Gasteiger partial charge in [0.25, 0.3) is 0 Å². The lowest BCUT2D eigenvalue weighted by atomic mass is 9.96. The lowest BCUT2D eigenvalue weighted by Crippen LogP contribution is -2.36. The number of aliphatic hydroxyl groups is 1. The minimum absolute atomic E-state index is 0.0480. The molecule has 1 rings (SSSR count). The molecule has 0 fully saturated rings. The Labute approximate surface area is 132 Å². The molecular formula is C12H17BrClNO4S. The summed E-state index contributed by atoms with van der Waals surface area (Å²) in [4.78, 5) is -0.0480. The summed E-state index contributed by atoms with van der Waals surface area (Å²) in [5, 5.41) is 9.44. The number of rotatable bonds is 6. The van der Waals surface area contributed by atoms with Crippen LogP contribution in [-0.2, 0) is 10.0 Å². The molecule has 0 amide bonds. The van der Waals surface area contributed by atoms with Crippen molar-refractivity contribution in [3.8, 4) is 5.75 Å². The van der Waals surface area contributed by atoms with Gasteiger partial charge in [-0.1, -0.05) is 25.4 Å². The third kappa shape index (κ3) is 4.33. The lowest BCUT2D eigenvalue weighted by Gasteiger charge is -2.22. The fraction of sp³-hybridized carbons (Fsp3) is 0.500. The van der Waals surface area contributed by atoms with E-state index in [0.717, 1.165) is 0 Å². The highest BCUT2D eigenvalue weighted by molar-refractivity contribution is 9.10. The van der Waals surface area contributed by atoms with Crippen LogP contribution in [0.3, 0.4) is 0 Å². The van der Waals surface area contributed by atoms with Crippen molar-refractivity contribution in [1.82, 2.24) is 4.72 Å². The smallest absolute Gasteiger partial charge is 0.244 e. The van der Waals surface area contributed by atoms with E-state index in [-0.39, 0.29) is 28.8 Å². The van der Waals surface area contributed by atoms with E-state index >= 15 is 0 Å². The Balaban J connectivity index is 3.16. The van der Waals surface area contributed by atoms with Gasteiger partial charge in [0.15, 0.2) is 5.75 Å². The maximum Gasteiger partial charge on any atom is 0.244 e. The molecule has 0 saturated heterocycles. The topological polar surface area (TPSA) is 75.6 Å². The van der Waals surface area contributed by atoms with Crippen LogP contribution < -0.4 is 9.46 Å². The molecule has 8 heteroatoms. The van der Waals surface area contributed by atoms with E-state index < -0.39 is 15.4 Å². The van der Waals surface area contributed by atoms with Crippen molar-refractivity contribution in [2.24, 2.45) is 5.41 Å². The van der Waals surface area contributed by atoms with Crippen molar-refractivity contribution in [1.29, 1.82) is 0 Å². The zero-order valence-electron chi connectivity index (χ0n) is 11.4. The third-order valence-corrected chi connectivity index (χ3v) is 4.85. The van der Waals surface area contributed by atoms with E-state index in [4.69, 9.17) is 21.4 Å². The summed E-state index contributed by atoms with van der Waals surface area (Å²) in [6.07, 6.45) is 0. The first-order valence-electron chi connectivity index (χ1n) is 5.76. The van der Waals surface area contributed by atoms with Gasteiger partial charge in [0, 0.05) is 23.6 Å². The second-order valence-electron chi connectivity index (χ2n) is 5.07. The monoisotopic (exact) mass is 385 g/mol. The van der Waals surface area contributed by atoms with Gasteiger partial charge in [-0.25, -0.2) is 13.1 Å². The SMILES string of the molecule is COc1c(Br)cc(Cl)cc1S(=O)(=O)NCC(C)(C)CO. The summed E-state index contributed by atoms with van der Waals surface area (Å²) in [7, 11) is -2.41. The first kappa shape index (κ1) is 17.7. The zero-order chi connectivity index (χ0) is 15.6. The Hall–Kier alpha value is -0.340. The molecule has 5 nitrogen and oxygen atoms in total. The number of hydrogen-bond donors (Lipinski definition) is 2. The summed E-state index contributed by atoms with van der Waals surface area (Å²) in [6.45, 7) is 3.46. The van der Waals surface area contributed by atoms with Crippen LogP contribution in [0.5, 0.6) is 5.75 Å². The van der Waals surface area contributed by atoms with Crippen LogP contribution in [-0.4, -0.2) is 33.8 Å². The van der Waals surface area contributed by atoms with Crippen LogP contribution in [0, 0.1) is 5.41 Å². The van der Waals surface area contributed by atoms with Gasteiger partial charge in [0.1, 0.15) is 4.90 Å². The summed E-state index contributed by atoms with van der Waals surface area (Å²) < 4.78 is 32.7. The molecule has 1 aromatic carbocycles. The average Bonchev–Trinajstić information content (AvgIpc) is 2.36. The molecule has 0 spiro atoms. The van der Waals surface area contributed by atoms with Crippen LogP contribution in [0.15, 0.2) is 21.5 Å². The van der Waals surface area contributed by atoms with E-state index in [1.165, 1.54) is 13.2 Å². The van der Waals surface area contributed by atoms with Crippen molar-refractivity contribution < 1.29 is 18.3 Å². The molecule has 2 N–H and O–H groups in total. The van der Waals surface area contributed by atoms with Crippen molar-refractivity contribution >= 4 is 37.6 Å². The molecule has 114 valence electrons.